The van der Waals surface area contributed by atoms with Crippen molar-refractivity contribution in [1.29, 1.82) is 0 Å². The van der Waals surface area contributed by atoms with Gasteiger partial charge in [0.1, 0.15) is 6.67 Å². The van der Waals surface area contributed by atoms with Crippen molar-refractivity contribution < 1.29 is 17.3 Å². The minimum Gasteiger partial charge on any atom is -0.250 e. The zero-order valence-electron chi connectivity index (χ0n) is 3.88. The van der Waals surface area contributed by atoms with Gasteiger partial charge in [-0.05, 0) is 4.53 Å². The molecule has 0 aliphatic heterocycles. The van der Waals surface area contributed by atoms with Gasteiger partial charge in [-0.3, -0.25) is 0 Å². The third kappa shape index (κ3) is 2.86. The second-order valence-electron chi connectivity index (χ2n) is 0.987. The van der Waals surface area contributed by atoms with Crippen LogP contribution in [0.2, 0.25) is 0 Å². The number of halogens is 2. The van der Waals surface area contributed by atoms with Crippen molar-refractivity contribution in [3.05, 3.63) is 0 Å². The largest absolute Gasteiger partial charge is 0.250 e. The van der Waals surface area contributed by atoms with Crippen LogP contribution in [0.25, 0.3) is 0 Å². The first-order valence-corrected chi connectivity index (χ1v) is 2.95. The standard InChI is InChI=1S/C2H5F2NO2S/c3-1-2-5(4)8(6)7/h8H,1-2H2. The van der Waals surface area contributed by atoms with E-state index in [0.717, 1.165) is 0 Å². The maximum atomic E-state index is 11.5. The van der Waals surface area contributed by atoms with E-state index in [2.05, 4.69) is 0 Å². The fourth-order valence-corrected chi connectivity index (χ4v) is 0.390. The lowest BCUT2D eigenvalue weighted by molar-refractivity contribution is 0.135. The van der Waals surface area contributed by atoms with Crippen molar-refractivity contribution in [3.8, 4) is 0 Å². The Bertz CT molecular complexity index is 117. The van der Waals surface area contributed by atoms with Gasteiger partial charge in [-0.2, -0.15) is 0 Å². The Labute approximate surface area is 46.9 Å². The second kappa shape index (κ2) is 3.73. The van der Waals surface area contributed by atoms with Crippen molar-refractivity contribution in [2.24, 2.45) is 0 Å². The predicted octanol–water partition coefficient (Wildman–Crippen LogP) is -0.331. The molecule has 0 amide bonds. The first-order valence-electron chi connectivity index (χ1n) is 1.82. The molecule has 0 rings (SSSR count). The van der Waals surface area contributed by atoms with E-state index in [9.17, 15) is 17.3 Å². The van der Waals surface area contributed by atoms with E-state index in [-0.39, 0.29) is 0 Å². The predicted molar refractivity (Wildman–Crippen MR) is 24.1 cm³/mol. The van der Waals surface area contributed by atoms with Gasteiger partial charge >= 0.3 is 0 Å². The van der Waals surface area contributed by atoms with Crippen LogP contribution in [0.1, 0.15) is 0 Å². The Hall–Kier alpha value is -0.230. The summed E-state index contributed by atoms with van der Waals surface area (Å²) in [6, 6.07) is 0. The van der Waals surface area contributed by atoms with Crippen LogP contribution in [0, 0.1) is 0 Å². The zero-order chi connectivity index (χ0) is 6.57. The summed E-state index contributed by atoms with van der Waals surface area (Å²) in [4.78, 5) is 0. The van der Waals surface area contributed by atoms with Gasteiger partial charge in [-0.1, -0.05) is 0 Å². The Morgan fingerprint density at radius 2 is 2.00 bits per heavy atom. The lowest BCUT2D eigenvalue weighted by Gasteiger charge is -1.95. The van der Waals surface area contributed by atoms with Crippen LogP contribution in [-0.4, -0.2) is 26.2 Å². The van der Waals surface area contributed by atoms with E-state index >= 15 is 0 Å². The molecule has 8 heavy (non-hydrogen) atoms. The Balaban J connectivity index is 3.48. The number of hydrogen-bond donors (Lipinski definition) is 1. The summed E-state index contributed by atoms with van der Waals surface area (Å²) in [7, 11) is -3.24. The summed E-state index contributed by atoms with van der Waals surface area (Å²) in [6.07, 6.45) is 0. The molecule has 0 N–H and O–H groups in total. The maximum Gasteiger partial charge on any atom is 0.230 e. The molecule has 0 aromatic rings. The van der Waals surface area contributed by atoms with Gasteiger partial charge in [0.05, 0.1) is 6.54 Å². The molecule has 0 aromatic heterocycles. The van der Waals surface area contributed by atoms with Crippen LogP contribution in [-0.2, 0) is 10.9 Å². The molecule has 0 heterocycles. The van der Waals surface area contributed by atoms with E-state index in [4.69, 9.17) is 0 Å². The molecule has 0 unspecified atom stereocenters. The normalized spacial score (nSPS) is 11.0. The van der Waals surface area contributed by atoms with E-state index in [1.165, 1.54) is 0 Å². The highest BCUT2D eigenvalue weighted by molar-refractivity contribution is 7.69. The highest BCUT2D eigenvalue weighted by atomic mass is 32.2. The number of hydrogen-bond acceptors (Lipinski definition) is 2. The van der Waals surface area contributed by atoms with Crippen LogP contribution in [0.15, 0.2) is 0 Å². The molecule has 50 valence electrons. The molecule has 3 nitrogen and oxygen atoms in total. The minimum absolute atomic E-state index is 0.574. The SMILES string of the molecule is O=[SH](=O)N(F)CCF. The fourth-order valence-electron chi connectivity index (χ4n) is 0.151. The van der Waals surface area contributed by atoms with Gasteiger partial charge in [-0.25, -0.2) is 12.8 Å². The van der Waals surface area contributed by atoms with Crippen molar-refractivity contribution in [3.63, 3.8) is 0 Å². The highest BCUT2D eigenvalue weighted by Gasteiger charge is 2.00. The van der Waals surface area contributed by atoms with Gasteiger partial charge < -0.3 is 0 Å². The summed E-state index contributed by atoms with van der Waals surface area (Å²) in [6.45, 7) is -1.71. The molecule has 0 bridgehead atoms. The summed E-state index contributed by atoms with van der Waals surface area (Å²) in [5.74, 6) is 0. The van der Waals surface area contributed by atoms with Crippen LogP contribution in [0.4, 0.5) is 8.87 Å². The van der Waals surface area contributed by atoms with Gasteiger partial charge in [-0.15, -0.1) is 4.48 Å². The molecular formula is C2H5F2NO2S. The Kier molecular flexibility index (Phi) is 3.63. The van der Waals surface area contributed by atoms with Gasteiger partial charge in [0.25, 0.3) is 0 Å². The first kappa shape index (κ1) is 7.77. The van der Waals surface area contributed by atoms with E-state index in [0.29, 0.717) is 0 Å². The topological polar surface area (TPSA) is 37.4 Å². The molecule has 0 aliphatic carbocycles. The number of rotatable bonds is 3. The van der Waals surface area contributed by atoms with Crippen LogP contribution in [0.3, 0.4) is 0 Å². The van der Waals surface area contributed by atoms with Crippen molar-refractivity contribution in [1.82, 2.24) is 4.53 Å². The third-order valence-electron chi connectivity index (χ3n) is 0.446. The van der Waals surface area contributed by atoms with Crippen LogP contribution >= 0.6 is 0 Å². The summed E-state index contributed by atoms with van der Waals surface area (Å²) < 4.78 is 41.0. The lowest BCUT2D eigenvalue weighted by atomic mass is 10.8. The molecule has 6 heteroatoms. The molecule has 0 atom stereocenters. The molecule has 0 fully saturated rings. The zero-order valence-corrected chi connectivity index (χ0v) is 4.78. The summed E-state index contributed by atoms with van der Waals surface area (Å²) in [5.41, 5.74) is 0. The Morgan fingerprint density at radius 1 is 1.50 bits per heavy atom. The molecular weight excluding hydrogens is 140 g/mol. The summed E-state index contributed by atoms with van der Waals surface area (Å²) in [5, 5.41) is 0. The molecule has 0 aliphatic rings. The summed E-state index contributed by atoms with van der Waals surface area (Å²) >= 11 is 0. The minimum atomic E-state index is -3.24. The van der Waals surface area contributed by atoms with Gasteiger partial charge in [0.15, 0.2) is 0 Å². The third-order valence-corrected chi connectivity index (χ3v) is 1.00. The monoisotopic (exact) mass is 145 g/mol. The first-order chi connectivity index (χ1) is 3.68. The van der Waals surface area contributed by atoms with E-state index in [1.807, 2.05) is 0 Å². The number of alkyl halides is 1. The maximum absolute atomic E-state index is 11.5. The van der Waals surface area contributed by atoms with Crippen LogP contribution in [0.5, 0.6) is 0 Å². The van der Waals surface area contributed by atoms with Crippen LogP contribution < -0.4 is 0 Å². The molecule has 0 saturated heterocycles. The fraction of sp³-hybridized carbons (Fsp3) is 1.00. The second-order valence-corrected chi connectivity index (χ2v) is 1.90. The molecule has 0 saturated carbocycles. The van der Waals surface area contributed by atoms with Crippen molar-refractivity contribution >= 4 is 10.9 Å². The average molecular weight is 145 g/mol. The van der Waals surface area contributed by atoms with Crippen molar-refractivity contribution in [2.75, 3.05) is 13.2 Å². The van der Waals surface area contributed by atoms with E-state index < -0.39 is 28.6 Å². The molecule has 0 aromatic carbocycles. The van der Waals surface area contributed by atoms with Gasteiger partial charge in [0, 0.05) is 0 Å². The Morgan fingerprint density at radius 3 is 2.12 bits per heavy atom. The lowest BCUT2D eigenvalue weighted by Crippen LogP contribution is -2.13. The number of thiol groups is 1. The number of nitrogens with zero attached hydrogens (tertiary/aromatic N) is 1. The molecule has 0 radical (unpaired) electrons. The van der Waals surface area contributed by atoms with Gasteiger partial charge in [0.2, 0.25) is 10.9 Å². The molecule has 0 spiro atoms. The van der Waals surface area contributed by atoms with E-state index in [1.54, 1.807) is 0 Å². The average Bonchev–Trinajstić information content (AvgIpc) is 1.67. The quantitative estimate of drug-likeness (QED) is 0.436. The smallest absolute Gasteiger partial charge is 0.230 e. The van der Waals surface area contributed by atoms with Crippen molar-refractivity contribution in [2.45, 2.75) is 0 Å². The highest BCUT2D eigenvalue weighted by Crippen LogP contribution is 1.86.